The average molecular weight is 427 g/mol. The van der Waals surface area contributed by atoms with Crippen LogP contribution in [0.15, 0.2) is 0 Å². The molecule has 0 aromatic carbocycles. The second kappa shape index (κ2) is 14.5. The molecule has 0 aliphatic heterocycles. The summed E-state index contributed by atoms with van der Waals surface area (Å²) in [6.07, 6.45) is 2.14. The molecule has 0 amide bonds. The summed E-state index contributed by atoms with van der Waals surface area (Å²) in [4.78, 5) is 43.5. The van der Waals surface area contributed by atoms with Crippen LogP contribution in [-0.4, -0.2) is 59.9 Å². The van der Waals surface area contributed by atoms with E-state index in [0.717, 1.165) is 12.8 Å². The average Bonchev–Trinajstić information content (AvgIpc) is 2.62. The molecule has 0 aromatic heterocycles. The van der Waals surface area contributed by atoms with Gasteiger partial charge in [0, 0.05) is 12.8 Å². The minimum absolute atomic E-state index is 0.147. The number of phosphoric ester groups is 1. The van der Waals surface area contributed by atoms with Gasteiger partial charge in [-0.1, -0.05) is 26.7 Å². The predicted molar refractivity (Wildman–Crippen MR) is 97.2 cm³/mol. The smallest absolute Gasteiger partial charge is 0.472 e. The van der Waals surface area contributed by atoms with Gasteiger partial charge < -0.3 is 25.2 Å². The molecule has 0 aromatic rings. The zero-order valence-corrected chi connectivity index (χ0v) is 17.1. The van der Waals surface area contributed by atoms with Crippen LogP contribution in [-0.2, 0) is 37.5 Å². The number of ether oxygens (including phenoxy) is 2. The first-order chi connectivity index (χ1) is 13.1. The number of carboxylic acid groups (broad SMARTS) is 1. The van der Waals surface area contributed by atoms with Crippen molar-refractivity contribution in [3.8, 4) is 0 Å². The standard InChI is InChI=1S/C16H30NO10P/c1-3-5-6-8-15(19)27-12(9-24-14(18)7-4-2)10-25-28(22,23)26-11-13(17)16(20)21/h12-13H,3-11,17H2,1-2H3,(H,20,21)(H,22,23). The van der Waals surface area contributed by atoms with E-state index in [0.29, 0.717) is 12.8 Å². The van der Waals surface area contributed by atoms with E-state index >= 15 is 0 Å². The van der Waals surface area contributed by atoms with Crippen LogP contribution >= 0.6 is 7.82 Å². The highest BCUT2D eigenvalue weighted by Crippen LogP contribution is 2.43. The molecule has 3 atom stereocenters. The highest BCUT2D eigenvalue weighted by molar-refractivity contribution is 7.47. The fourth-order valence-corrected chi connectivity index (χ4v) is 2.58. The lowest BCUT2D eigenvalue weighted by molar-refractivity contribution is -0.161. The fourth-order valence-electron chi connectivity index (χ4n) is 1.80. The number of phosphoric acid groups is 1. The molecule has 0 bridgehead atoms. The Morgan fingerprint density at radius 3 is 2.18 bits per heavy atom. The molecule has 0 spiro atoms. The Bertz CT molecular complexity index is 542. The summed E-state index contributed by atoms with van der Waals surface area (Å²) < 4.78 is 31.1. The lowest BCUT2D eigenvalue weighted by Gasteiger charge is -2.20. The maximum absolute atomic E-state index is 11.9. The largest absolute Gasteiger partial charge is 0.480 e. The van der Waals surface area contributed by atoms with E-state index < -0.39 is 51.1 Å². The molecular weight excluding hydrogens is 397 g/mol. The molecule has 164 valence electrons. The third-order valence-electron chi connectivity index (χ3n) is 3.32. The Labute approximate surface area is 164 Å². The van der Waals surface area contributed by atoms with E-state index in [4.69, 9.17) is 24.8 Å². The number of carbonyl (C=O) groups excluding carboxylic acids is 2. The quantitative estimate of drug-likeness (QED) is 0.184. The van der Waals surface area contributed by atoms with E-state index in [9.17, 15) is 23.8 Å². The van der Waals surface area contributed by atoms with E-state index in [1.807, 2.05) is 6.92 Å². The summed E-state index contributed by atoms with van der Waals surface area (Å²) in [6.45, 7) is 2.07. The third kappa shape index (κ3) is 13.6. The van der Waals surface area contributed by atoms with E-state index in [2.05, 4.69) is 4.52 Å². The van der Waals surface area contributed by atoms with Crippen LogP contribution in [0.1, 0.15) is 52.4 Å². The molecule has 0 heterocycles. The minimum Gasteiger partial charge on any atom is -0.480 e. The molecule has 0 radical (unpaired) electrons. The maximum atomic E-state index is 11.9. The van der Waals surface area contributed by atoms with Gasteiger partial charge in [-0.3, -0.25) is 23.4 Å². The van der Waals surface area contributed by atoms with Crippen molar-refractivity contribution in [3.63, 3.8) is 0 Å². The molecule has 11 nitrogen and oxygen atoms in total. The van der Waals surface area contributed by atoms with Gasteiger partial charge in [-0.05, 0) is 12.8 Å². The van der Waals surface area contributed by atoms with Crippen molar-refractivity contribution in [1.82, 2.24) is 0 Å². The number of aliphatic carboxylic acids is 1. The molecule has 3 unspecified atom stereocenters. The van der Waals surface area contributed by atoms with E-state index in [1.54, 1.807) is 6.92 Å². The number of esters is 2. The van der Waals surface area contributed by atoms with Gasteiger partial charge in [0.1, 0.15) is 12.6 Å². The molecule has 28 heavy (non-hydrogen) atoms. The van der Waals surface area contributed by atoms with Gasteiger partial charge in [-0.15, -0.1) is 0 Å². The van der Waals surface area contributed by atoms with Crippen molar-refractivity contribution in [1.29, 1.82) is 0 Å². The molecule has 4 N–H and O–H groups in total. The molecule has 0 aliphatic carbocycles. The normalized spacial score (nSPS) is 15.3. The first-order valence-electron chi connectivity index (χ1n) is 9.06. The topological polar surface area (TPSA) is 172 Å². The molecule has 0 fully saturated rings. The number of hydrogen-bond donors (Lipinski definition) is 3. The first-order valence-corrected chi connectivity index (χ1v) is 10.6. The number of carboxylic acids is 1. The van der Waals surface area contributed by atoms with Crippen LogP contribution in [0.25, 0.3) is 0 Å². The summed E-state index contributed by atoms with van der Waals surface area (Å²) in [7, 11) is -4.64. The summed E-state index contributed by atoms with van der Waals surface area (Å²) in [5.41, 5.74) is 5.17. The summed E-state index contributed by atoms with van der Waals surface area (Å²) in [5.74, 6) is -2.48. The maximum Gasteiger partial charge on any atom is 0.472 e. The second-order valence-corrected chi connectivity index (χ2v) is 7.46. The lowest BCUT2D eigenvalue weighted by atomic mass is 10.2. The van der Waals surface area contributed by atoms with Gasteiger partial charge in [-0.25, -0.2) is 4.57 Å². The number of hydrogen-bond acceptors (Lipinski definition) is 9. The van der Waals surface area contributed by atoms with Crippen LogP contribution in [0.2, 0.25) is 0 Å². The Hall–Kier alpha value is -1.52. The molecule has 0 saturated carbocycles. The van der Waals surface area contributed by atoms with Gasteiger partial charge in [0.05, 0.1) is 13.2 Å². The van der Waals surface area contributed by atoms with Crippen LogP contribution < -0.4 is 5.73 Å². The predicted octanol–water partition coefficient (Wildman–Crippen LogP) is 1.37. The molecular formula is C16H30NO10P. The molecule has 0 rings (SSSR count). The monoisotopic (exact) mass is 427 g/mol. The number of unbranched alkanes of at least 4 members (excludes halogenated alkanes) is 2. The van der Waals surface area contributed by atoms with Gasteiger partial charge in [0.25, 0.3) is 0 Å². The Kier molecular flexibility index (Phi) is 13.7. The van der Waals surface area contributed by atoms with Gasteiger partial charge in [-0.2, -0.15) is 0 Å². The van der Waals surface area contributed by atoms with Gasteiger partial charge >= 0.3 is 25.7 Å². The zero-order valence-electron chi connectivity index (χ0n) is 16.2. The second-order valence-electron chi connectivity index (χ2n) is 6.01. The summed E-state index contributed by atoms with van der Waals surface area (Å²) >= 11 is 0. The number of nitrogens with two attached hydrogens (primary N) is 1. The zero-order chi connectivity index (χ0) is 21.6. The van der Waals surface area contributed by atoms with Crippen LogP contribution in [0.3, 0.4) is 0 Å². The summed E-state index contributed by atoms with van der Waals surface area (Å²) in [5, 5.41) is 8.63. The van der Waals surface area contributed by atoms with Crippen LogP contribution in [0.4, 0.5) is 0 Å². The minimum atomic E-state index is -4.64. The highest BCUT2D eigenvalue weighted by Gasteiger charge is 2.28. The van der Waals surface area contributed by atoms with Crippen molar-refractivity contribution in [2.24, 2.45) is 5.73 Å². The van der Waals surface area contributed by atoms with Crippen molar-refractivity contribution in [2.45, 2.75) is 64.5 Å². The van der Waals surface area contributed by atoms with E-state index in [1.165, 1.54) is 0 Å². The van der Waals surface area contributed by atoms with Crippen LogP contribution in [0, 0.1) is 0 Å². The van der Waals surface area contributed by atoms with E-state index in [-0.39, 0.29) is 19.4 Å². The fraction of sp³-hybridized carbons (Fsp3) is 0.812. The van der Waals surface area contributed by atoms with Gasteiger partial charge in [0.2, 0.25) is 0 Å². The van der Waals surface area contributed by atoms with Crippen molar-refractivity contribution in [2.75, 3.05) is 19.8 Å². The van der Waals surface area contributed by atoms with Crippen molar-refractivity contribution < 1.29 is 47.5 Å². The van der Waals surface area contributed by atoms with Gasteiger partial charge in [0.15, 0.2) is 6.10 Å². The third-order valence-corrected chi connectivity index (χ3v) is 4.28. The number of carbonyl (C=O) groups is 3. The summed E-state index contributed by atoms with van der Waals surface area (Å²) in [6, 6.07) is -1.51. The molecule has 12 heteroatoms. The Morgan fingerprint density at radius 2 is 1.61 bits per heavy atom. The lowest BCUT2D eigenvalue weighted by Crippen LogP contribution is -2.34. The molecule has 0 aliphatic rings. The molecule has 0 saturated heterocycles. The SMILES string of the molecule is CCCCCC(=O)OC(COC(=O)CCC)COP(=O)(O)OCC(N)C(=O)O. The van der Waals surface area contributed by atoms with Crippen molar-refractivity contribution in [3.05, 3.63) is 0 Å². The van der Waals surface area contributed by atoms with Crippen molar-refractivity contribution >= 4 is 25.7 Å². The highest BCUT2D eigenvalue weighted by atomic mass is 31.2. The Balaban J connectivity index is 4.66. The Morgan fingerprint density at radius 1 is 0.964 bits per heavy atom. The first kappa shape index (κ1) is 26.5. The number of rotatable bonds is 16. The van der Waals surface area contributed by atoms with Crippen LogP contribution in [0.5, 0.6) is 0 Å².